The monoisotopic (exact) mass is 486 g/mol. The molecular formula is C24H34N6O5. The van der Waals surface area contributed by atoms with Gasteiger partial charge in [-0.25, -0.2) is 4.79 Å². The number of carbonyl (C=O) groups is 4. The Morgan fingerprint density at radius 1 is 1.17 bits per heavy atom. The number of H-pyrrole nitrogens is 1. The first-order valence-corrected chi connectivity index (χ1v) is 12.5. The van der Waals surface area contributed by atoms with Gasteiger partial charge in [-0.1, -0.05) is 26.7 Å². The van der Waals surface area contributed by atoms with E-state index in [1.165, 1.54) is 0 Å². The predicted octanol–water partition coefficient (Wildman–Crippen LogP) is 1.19. The van der Waals surface area contributed by atoms with Gasteiger partial charge in [-0.15, -0.1) is 0 Å². The van der Waals surface area contributed by atoms with Gasteiger partial charge in [0.2, 0.25) is 11.8 Å². The highest BCUT2D eigenvalue weighted by Gasteiger charge is 2.53. The molecule has 11 heteroatoms. The highest BCUT2D eigenvalue weighted by Crippen LogP contribution is 2.36. The molecule has 4 aliphatic rings. The third-order valence-electron chi connectivity index (χ3n) is 7.85. The van der Waals surface area contributed by atoms with Crippen molar-refractivity contribution in [2.45, 2.75) is 70.1 Å². The lowest BCUT2D eigenvalue weighted by atomic mass is 9.90. The molecular weight excluding hydrogens is 452 g/mol. The number of piperazine rings is 1. The molecule has 5 amide bonds. The number of aromatic nitrogens is 2. The summed E-state index contributed by atoms with van der Waals surface area (Å²) in [7, 11) is 0. The molecule has 4 fully saturated rings. The summed E-state index contributed by atoms with van der Waals surface area (Å²) >= 11 is 0. The van der Waals surface area contributed by atoms with Gasteiger partial charge in [0.25, 0.3) is 5.91 Å². The Kier molecular flexibility index (Phi) is 6.06. The first-order valence-electron chi connectivity index (χ1n) is 12.5. The smallest absolute Gasteiger partial charge is 0.325 e. The molecule has 2 unspecified atom stereocenters. The number of carbonyl (C=O) groups excluding carboxylic acids is 4. The van der Waals surface area contributed by atoms with Crippen molar-refractivity contribution >= 4 is 23.8 Å². The second-order valence-electron chi connectivity index (χ2n) is 11.1. The Bertz CT molecular complexity index is 1000. The Balaban J connectivity index is 1.26. The van der Waals surface area contributed by atoms with E-state index >= 15 is 0 Å². The van der Waals surface area contributed by atoms with Gasteiger partial charge in [-0.3, -0.25) is 24.4 Å². The van der Waals surface area contributed by atoms with Crippen LogP contribution in [-0.2, 0) is 19.1 Å². The van der Waals surface area contributed by atoms with E-state index in [0.717, 1.165) is 29.7 Å². The van der Waals surface area contributed by atoms with Gasteiger partial charge < -0.3 is 19.9 Å². The maximum atomic E-state index is 13.4. The average Bonchev–Trinajstić information content (AvgIpc) is 3.61. The Labute approximate surface area is 204 Å². The first-order chi connectivity index (χ1) is 16.7. The summed E-state index contributed by atoms with van der Waals surface area (Å²) in [5, 5.41) is 9.62. The SMILES string of the molecule is CC1(C)COC(CC(=O)N2CCN(C(=O)CN3C(=O)NC4(CCCC4)C3=O)C(c3cn[nH]c3)C2)C1. The molecule has 0 radical (unpaired) electrons. The third kappa shape index (κ3) is 4.53. The minimum atomic E-state index is -0.844. The summed E-state index contributed by atoms with van der Waals surface area (Å²) < 4.78 is 5.82. The molecule has 1 aliphatic carbocycles. The van der Waals surface area contributed by atoms with E-state index in [2.05, 4.69) is 29.4 Å². The molecule has 190 valence electrons. The van der Waals surface area contributed by atoms with Crippen molar-refractivity contribution in [3.8, 4) is 0 Å². The summed E-state index contributed by atoms with van der Waals surface area (Å²) in [6.45, 7) is 5.64. The molecule has 3 saturated heterocycles. The second kappa shape index (κ2) is 8.92. The quantitative estimate of drug-likeness (QED) is 0.602. The van der Waals surface area contributed by atoms with E-state index in [4.69, 9.17) is 4.74 Å². The van der Waals surface area contributed by atoms with Gasteiger partial charge in [0.1, 0.15) is 12.1 Å². The number of imide groups is 1. The number of rotatable bonds is 5. The molecule has 3 aliphatic heterocycles. The molecule has 5 rings (SSSR count). The molecule has 4 heterocycles. The number of urea groups is 1. The maximum absolute atomic E-state index is 13.4. The van der Waals surface area contributed by atoms with Crippen molar-refractivity contribution in [1.82, 2.24) is 30.2 Å². The van der Waals surface area contributed by atoms with Crippen LogP contribution in [0.15, 0.2) is 12.4 Å². The van der Waals surface area contributed by atoms with Gasteiger partial charge in [0, 0.05) is 31.4 Å². The fourth-order valence-corrected chi connectivity index (χ4v) is 5.93. The Hall–Kier alpha value is -2.95. The predicted molar refractivity (Wildman–Crippen MR) is 124 cm³/mol. The minimum Gasteiger partial charge on any atom is -0.377 e. The minimum absolute atomic E-state index is 0.00516. The molecule has 2 N–H and O–H groups in total. The van der Waals surface area contributed by atoms with Crippen molar-refractivity contribution in [1.29, 1.82) is 0 Å². The summed E-state index contributed by atoms with van der Waals surface area (Å²) in [6.07, 6.45) is 7.42. The standard InChI is InChI=1S/C24H34N6O5/c1-23(2)10-17(35-15-23)9-19(31)28-7-8-29(18(13-28)16-11-25-26-12-16)20(32)14-30-21(33)24(27-22(30)34)5-3-4-6-24/h11-12,17-18H,3-10,13-15H2,1-2H3,(H,25,26)(H,27,34). The first kappa shape index (κ1) is 23.8. The van der Waals surface area contributed by atoms with Crippen LogP contribution in [0.2, 0.25) is 0 Å². The lowest BCUT2D eigenvalue weighted by Crippen LogP contribution is -2.55. The van der Waals surface area contributed by atoms with Crippen LogP contribution in [-0.4, -0.2) is 93.1 Å². The highest BCUT2D eigenvalue weighted by atomic mass is 16.5. The average molecular weight is 487 g/mol. The second-order valence-corrected chi connectivity index (χ2v) is 11.1. The highest BCUT2D eigenvalue weighted by molar-refractivity contribution is 6.09. The summed E-state index contributed by atoms with van der Waals surface area (Å²) in [6, 6.07) is -0.917. The zero-order chi connectivity index (χ0) is 24.8. The molecule has 11 nitrogen and oxygen atoms in total. The van der Waals surface area contributed by atoms with Crippen molar-refractivity contribution in [2.75, 3.05) is 32.8 Å². The van der Waals surface area contributed by atoms with Gasteiger partial charge in [0.15, 0.2) is 0 Å². The lowest BCUT2D eigenvalue weighted by Gasteiger charge is -2.41. The molecule has 1 aromatic rings. The summed E-state index contributed by atoms with van der Waals surface area (Å²) in [4.78, 5) is 56.5. The molecule has 1 saturated carbocycles. The molecule has 1 spiro atoms. The number of hydrogen-bond donors (Lipinski definition) is 2. The van der Waals surface area contributed by atoms with Gasteiger partial charge in [0.05, 0.1) is 31.4 Å². The van der Waals surface area contributed by atoms with E-state index in [1.54, 1.807) is 22.2 Å². The number of aromatic amines is 1. The van der Waals surface area contributed by atoms with Crippen molar-refractivity contribution in [3.63, 3.8) is 0 Å². The van der Waals surface area contributed by atoms with Crippen molar-refractivity contribution < 1.29 is 23.9 Å². The number of ether oxygens (including phenoxy) is 1. The number of nitrogens with zero attached hydrogens (tertiary/aromatic N) is 4. The molecule has 2 atom stereocenters. The summed E-state index contributed by atoms with van der Waals surface area (Å²) in [5.41, 5.74) is 0.00768. The topological polar surface area (TPSA) is 128 Å². The van der Waals surface area contributed by atoms with Crippen LogP contribution < -0.4 is 5.32 Å². The van der Waals surface area contributed by atoms with Crippen LogP contribution in [0.3, 0.4) is 0 Å². The lowest BCUT2D eigenvalue weighted by molar-refractivity contribution is -0.146. The Morgan fingerprint density at radius 3 is 2.60 bits per heavy atom. The third-order valence-corrected chi connectivity index (χ3v) is 7.85. The van der Waals surface area contributed by atoms with E-state index in [0.29, 0.717) is 45.5 Å². The molecule has 0 bridgehead atoms. The molecule has 1 aromatic heterocycles. The zero-order valence-electron chi connectivity index (χ0n) is 20.4. The van der Waals surface area contributed by atoms with Crippen LogP contribution >= 0.6 is 0 Å². The van der Waals surface area contributed by atoms with Gasteiger partial charge >= 0.3 is 6.03 Å². The van der Waals surface area contributed by atoms with Crippen LogP contribution in [0, 0.1) is 5.41 Å². The van der Waals surface area contributed by atoms with Crippen molar-refractivity contribution in [2.24, 2.45) is 5.41 Å². The fourth-order valence-electron chi connectivity index (χ4n) is 5.93. The number of amides is 5. The Morgan fingerprint density at radius 2 is 1.94 bits per heavy atom. The van der Waals surface area contributed by atoms with Crippen LogP contribution in [0.5, 0.6) is 0 Å². The van der Waals surface area contributed by atoms with E-state index in [9.17, 15) is 19.2 Å². The number of hydrogen-bond acceptors (Lipinski definition) is 6. The maximum Gasteiger partial charge on any atom is 0.325 e. The molecule has 35 heavy (non-hydrogen) atoms. The normalized spacial score (nSPS) is 27.7. The number of nitrogens with one attached hydrogen (secondary N) is 2. The van der Waals surface area contributed by atoms with Crippen LogP contribution in [0.25, 0.3) is 0 Å². The fraction of sp³-hybridized carbons (Fsp3) is 0.708. The molecule has 0 aromatic carbocycles. The van der Waals surface area contributed by atoms with E-state index < -0.39 is 17.6 Å². The van der Waals surface area contributed by atoms with E-state index in [-0.39, 0.29) is 35.8 Å². The van der Waals surface area contributed by atoms with Crippen LogP contribution in [0.4, 0.5) is 4.79 Å². The summed E-state index contributed by atoms with van der Waals surface area (Å²) in [5.74, 6) is -0.616. The van der Waals surface area contributed by atoms with E-state index in [1.807, 2.05) is 0 Å². The van der Waals surface area contributed by atoms with Crippen molar-refractivity contribution in [3.05, 3.63) is 18.0 Å². The van der Waals surface area contributed by atoms with Crippen LogP contribution in [0.1, 0.15) is 64.0 Å². The zero-order valence-corrected chi connectivity index (χ0v) is 20.4. The van der Waals surface area contributed by atoms with Gasteiger partial charge in [-0.05, 0) is 24.7 Å². The van der Waals surface area contributed by atoms with Gasteiger partial charge in [-0.2, -0.15) is 5.10 Å². The largest absolute Gasteiger partial charge is 0.377 e.